The molecule has 3 rings (SSSR count). The van der Waals surface area contributed by atoms with Crippen molar-refractivity contribution in [3.8, 4) is 5.75 Å². The Morgan fingerprint density at radius 2 is 2.14 bits per heavy atom. The van der Waals surface area contributed by atoms with E-state index in [9.17, 15) is 4.79 Å². The van der Waals surface area contributed by atoms with Crippen LogP contribution < -0.4 is 10.5 Å². The number of nitrogens with two attached hydrogens (primary N) is 1. The lowest BCUT2D eigenvalue weighted by Crippen LogP contribution is -2.19. The van der Waals surface area contributed by atoms with Crippen molar-refractivity contribution in [2.24, 2.45) is 5.73 Å². The summed E-state index contributed by atoms with van der Waals surface area (Å²) in [5.41, 5.74) is 9.50. The van der Waals surface area contributed by atoms with Gasteiger partial charge < -0.3 is 10.5 Å². The highest BCUT2D eigenvalue weighted by molar-refractivity contribution is 5.82. The molecule has 2 aliphatic rings. The number of hydrogen-bond acceptors (Lipinski definition) is 3. The van der Waals surface area contributed by atoms with Gasteiger partial charge in [0, 0.05) is 11.6 Å². The van der Waals surface area contributed by atoms with Crippen LogP contribution in [0.3, 0.4) is 0 Å². The average molecular weight is 189 g/mol. The quantitative estimate of drug-likeness (QED) is 0.479. The molecule has 0 fully saturated rings. The van der Waals surface area contributed by atoms with Gasteiger partial charge in [-0.1, -0.05) is 6.07 Å². The summed E-state index contributed by atoms with van der Waals surface area (Å²) in [6.07, 6.45) is 2.23. The first-order valence-electron chi connectivity index (χ1n) is 4.84. The summed E-state index contributed by atoms with van der Waals surface area (Å²) in [5.74, 6) is 0.594. The standard InChI is InChI=1S/C11H11NO2/c12-7-3-6-1-2-10-9(8(6)4-7)5-11(13)14-10/h1-2,7H,3-5,12H2. The van der Waals surface area contributed by atoms with E-state index in [0.717, 1.165) is 24.2 Å². The van der Waals surface area contributed by atoms with Crippen LogP contribution in [-0.4, -0.2) is 12.0 Å². The smallest absolute Gasteiger partial charge is 0.315 e. The first-order valence-corrected chi connectivity index (χ1v) is 4.84. The predicted octanol–water partition coefficient (Wildman–Crippen LogP) is 0.574. The maximum atomic E-state index is 11.1. The number of rotatable bonds is 0. The largest absolute Gasteiger partial charge is 0.426 e. The molecular weight excluding hydrogens is 178 g/mol. The minimum atomic E-state index is -0.145. The lowest BCUT2D eigenvalue weighted by Gasteiger charge is -2.03. The lowest BCUT2D eigenvalue weighted by atomic mass is 10.0. The van der Waals surface area contributed by atoms with Crippen molar-refractivity contribution in [2.75, 3.05) is 0 Å². The van der Waals surface area contributed by atoms with E-state index in [4.69, 9.17) is 10.5 Å². The zero-order valence-corrected chi connectivity index (χ0v) is 7.75. The maximum Gasteiger partial charge on any atom is 0.315 e. The molecule has 14 heavy (non-hydrogen) atoms. The normalized spacial score (nSPS) is 23.2. The Balaban J connectivity index is 2.15. The lowest BCUT2D eigenvalue weighted by molar-refractivity contribution is -0.131. The van der Waals surface area contributed by atoms with Crippen LogP contribution in [0, 0.1) is 0 Å². The number of carbonyl (C=O) groups is 1. The number of fused-ring (bicyclic) bond motifs is 3. The van der Waals surface area contributed by atoms with Gasteiger partial charge in [-0.25, -0.2) is 0 Å². The summed E-state index contributed by atoms with van der Waals surface area (Å²) in [4.78, 5) is 11.1. The number of ether oxygens (including phenoxy) is 1. The fourth-order valence-electron chi connectivity index (χ4n) is 2.37. The molecule has 1 aromatic carbocycles. The molecule has 1 unspecified atom stereocenters. The molecule has 1 atom stereocenters. The summed E-state index contributed by atoms with van der Waals surface area (Å²) in [5, 5.41) is 0. The van der Waals surface area contributed by atoms with Crippen LogP contribution in [0.1, 0.15) is 16.7 Å². The van der Waals surface area contributed by atoms with Gasteiger partial charge in [-0.05, 0) is 30.0 Å². The van der Waals surface area contributed by atoms with E-state index in [1.165, 1.54) is 11.1 Å². The molecule has 0 bridgehead atoms. The highest BCUT2D eigenvalue weighted by Crippen LogP contribution is 2.35. The Bertz CT molecular complexity index is 426. The SMILES string of the molecule is NC1Cc2ccc3c(c2C1)CC(=O)O3. The van der Waals surface area contributed by atoms with E-state index >= 15 is 0 Å². The van der Waals surface area contributed by atoms with E-state index < -0.39 is 0 Å². The third kappa shape index (κ3) is 0.990. The topological polar surface area (TPSA) is 52.3 Å². The van der Waals surface area contributed by atoms with Crippen LogP contribution in [0.2, 0.25) is 0 Å². The Hall–Kier alpha value is -1.35. The molecule has 3 heteroatoms. The first-order chi connectivity index (χ1) is 6.74. The third-order valence-corrected chi connectivity index (χ3v) is 2.98. The second-order valence-corrected chi connectivity index (χ2v) is 4.00. The van der Waals surface area contributed by atoms with Crippen molar-refractivity contribution < 1.29 is 9.53 Å². The fourth-order valence-corrected chi connectivity index (χ4v) is 2.37. The molecule has 1 aliphatic carbocycles. The van der Waals surface area contributed by atoms with Crippen molar-refractivity contribution in [3.05, 3.63) is 28.8 Å². The summed E-state index contributed by atoms with van der Waals surface area (Å²) in [6, 6.07) is 4.13. The Labute approximate surface area is 81.9 Å². The highest BCUT2D eigenvalue weighted by Gasteiger charge is 2.29. The highest BCUT2D eigenvalue weighted by atomic mass is 16.5. The second kappa shape index (κ2) is 2.58. The summed E-state index contributed by atoms with van der Waals surface area (Å²) in [7, 11) is 0. The van der Waals surface area contributed by atoms with Gasteiger partial charge in [-0.3, -0.25) is 4.79 Å². The number of esters is 1. The van der Waals surface area contributed by atoms with Crippen molar-refractivity contribution >= 4 is 5.97 Å². The van der Waals surface area contributed by atoms with E-state index in [0.29, 0.717) is 6.42 Å². The van der Waals surface area contributed by atoms with Gasteiger partial charge in [0.15, 0.2) is 0 Å². The van der Waals surface area contributed by atoms with Crippen LogP contribution in [0.4, 0.5) is 0 Å². The van der Waals surface area contributed by atoms with Crippen molar-refractivity contribution in [2.45, 2.75) is 25.3 Å². The predicted molar refractivity (Wildman–Crippen MR) is 51.2 cm³/mol. The molecule has 1 aromatic rings. The Kier molecular flexibility index (Phi) is 1.47. The minimum Gasteiger partial charge on any atom is -0.426 e. The molecule has 0 amide bonds. The van der Waals surface area contributed by atoms with Gasteiger partial charge in [0.05, 0.1) is 6.42 Å². The van der Waals surface area contributed by atoms with Crippen LogP contribution in [0.5, 0.6) is 5.75 Å². The zero-order valence-electron chi connectivity index (χ0n) is 7.75. The Morgan fingerprint density at radius 1 is 1.29 bits per heavy atom. The van der Waals surface area contributed by atoms with Gasteiger partial charge >= 0.3 is 5.97 Å². The van der Waals surface area contributed by atoms with Crippen molar-refractivity contribution in [3.63, 3.8) is 0 Å². The van der Waals surface area contributed by atoms with Gasteiger partial charge in [0.25, 0.3) is 0 Å². The molecule has 0 radical (unpaired) electrons. The molecule has 0 spiro atoms. The molecular formula is C11H11NO2. The molecule has 72 valence electrons. The van der Waals surface area contributed by atoms with Gasteiger partial charge in [-0.15, -0.1) is 0 Å². The van der Waals surface area contributed by atoms with Crippen LogP contribution in [0.15, 0.2) is 12.1 Å². The molecule has 2 N–H and O–H groups in total. The molecule has 0 saturated carbocycles. The summed E-state index contributed by atoms with van der Waals surface area (Å²) in [6.45, 7) is 0. The van der Waals surface area contributed by atoms with E-state index in [-0.39, 0.29) is 12.0 Å². The summed E-state index contributed by atoms with van der Waals surface area (Å²) >= 11 is 0. The second-order valence-electron chi connectivity index (χ2n) is 4.00. The maximum absolute atomic E-state index is 11.1. The van der Waals surface area contributed by atoms with Gasteiger partial charge in [0.2, 0.25) is 0 Å². The first kappa shape index (κ1) is 8.00. The van der Waals surface area contributed by atoms with E-state index in [1.54, 1.807) is 0 Å². The van der Waals surface area contributed by atoms with Crippen LogP contribution >= 0.6 is 0 Å². The zero-order chi connectivity index (χ0) is 9.71. The number of benzene rings is 1. The Morgan fingerprint density at radius 3 is 3.00 bits per heavy atom. The number of carbonyl (C=O) groups excluding carboxylic acids is 1. The fraction of sp³-hybridized carbons (Fsp3) is 0.364. The molecule has 0 saturated heterocycles. The van der Waals surface area contributed by atoms with Crippen molar-refractivity contribution in [1.82, 2.24) is 0 Å². The number of hydrogen-bond donors (Lipinski definition) is 1. The molecule has 1 heterocycles. The van der Waals surface area contributed by atoms with E-state index in [2.05, 4.69) is 0 Å². The minimum absolute atomic E-state index is 0.145. The average Bonchev–Trinajstić information content (AvgIpc) is 2.65. The molecule has 0 aromatic heterocycles. The summed E-state index contributed by atoms with van der Waals surface area (Å²) < 4.78 is 5.09. The van der Waals surface area contributed by atoms with Crippen LogP contribution in [-0.2, 0) is 24.1 Å². The third-order valence-electron chi connectivity index (χ3n) is 2.98. The van der Waals surface area contributed by atoms with Crippen LogP contribution in [0.25, 0.3) is 0 Å². The van der Waals surface area contributed by atoms with Gasteiger partial charge in [-0.2, -0.15) is 0 Å². The van der Waals surface area contributed by atoms with Gasteiger partial charge in [0.1, 0.15) is 5.75 Å². The van der Waals surface area contributed by atoms with Crippen molar-refractivity contribution in [1.29, 1.82) is 0 Å². The molecule has 3 nitrogen and oxygen atoms in total. The van der Waals surface area contributed by atoms with E-state index in [1.807, 2.05) is 12.1 Å². The monoisotopic (exact) mass is 189 g/mol. The molecule has 1 aliphatic heterocycles.